The number of benzene rings is 1. The van der Waals surface area contributed by atoms with Gasteiger partial charge < -0.3 is 5.32 Å². The summed E-state index contributed by atoms with van der Waals surface area (Å²) in [6.07, 6.45) is 4.00. The zero-order chi connectivity index (χ0) is 14.8. The molecule has 0 aliphatic carbocycles. The molecule has 2 aromatic rings. The molecular formula is C17H23FN2. The first kappa shape index (κ1) is 14.8. The Morgan fingerprint density at radius 2 is 2.05 bits per heavy atom. The SMILES string of the molecule is CC[C@@H](C)CC(C)(C)Nc1ccnc2ccc(F)cc12. The Balaban J connectivity index is 2.31. The third-order valence-electron chi connectivity index (χ3n) is 3.73. The van der Waals surface area contributed by atoms with E-state index in [9.17, 15) is 4.39 Å². The molecule has 1 N–H and O–H groups in total. The molecule has 2 nitrogen and oxygen atoms in total. The molecule has 1 heterocycles. The van der Waals surface area contributed by atoms with Crippen LogP contribution in [-0.4, -0.2) is 10.5 Å². The fraction of sp³-hybridized carbons (Fsp3) is 0.471. The lowest BCUT2D eigenvalue weighted by Gasteiger charge is -2.30. The number of nitrogens with one attached hydrogen (secondary N) is 1. The third kappa shape index (κ3) is 3.47. The predicted molar refractivity (Wildman–Crippen MR) is 83.5 cm³/mol. The molecule has 3 heteroatoms. The average Bonchev–Trinajstić information content (AvgIpc) is 2.38. The van der Waals surface area contributed by atoms with Crippen molar-refractivity contribution >= 4 is 16.6 Å². The molecule has 0 amide bonds. The Bertz CT molecular complexity index is 593. The van der Waals surface area contributed by atoms with Gasteiger partial charge in [-0.3, -0.25) is 4.98 Å². The summed E-state index contributed by atoms with van der Waals surface area (Å²) in [5.74, 6) is 0.426. The van der Waals surface area contributed by atoms with Crippen molar-refractivity contribution in [2.75, 3.05) is 5.32 Å². The quantitative estimate of drug-likeness (QED) is 0.829. The molecule has 108 valence electrons. The normalized spacial score (nSPS) is 13.4. The van der Waals surface area contributed by atoms with Crippen molar-refractivity contribution in [2.24, 2.45) is 5.92 Å². The summed E-state index contributed by atoms with van der Waals surface area (Å²) in [6.45, 7) is 8.83. The lowest BCUT2D eigenvalue weighted by Crippen LogP contribution is -2.33. The van der Waals surface area contributed by atoms with Gasteiger partial charge >= 0.3 is 0 Å². The second-order valence-corrected chi connectivity index (χ2v) is 6.25. The molecule has 2 rings (SSSR count). The molecule has 0 aliphatic rings. The Morgan fingerprint density at radius 1 is 1.30 bits per heavy atom. The minimum absolute atomic E-state index is 0.0317. The van der Waals surface area contributed by atoms with E-state index in [1.165, 1.54) is 6.07 Å². The van der Waals surface area contributed by atoms with Crippen LogP contribution in [0.3, 0.4) is 0 Å². The number of nitrogens with zero attached hydrogens (tertiary/aromatic N) is 1. The number of rotatable bonds is 5. The maximum atomic E-state index is 13.5. The molecule has 0 saturated carbocycles. The Labute approximate surface area is 120 Å². The van der Waals surface area contributed by atoms with E-state index in [4.69, 9.17) is 0 Å². The highest BCUT2D eigenvalue weighted by Gasteiger charge is 2.21. The third-order valence-corrected chi connectivity index (χ3v) is 3.73. The van der Waals surface area contributed by atoms with Gasteiger partial charge in [0.05, 0.1) is 5.52 Å². The fourth-order valence-corrected chi connectivity index (χ4v) is 2.66. The van der Waals surface area contributed by atoms with Crippen LogP contribution in [0.5, 0.6) is 0 Å². The van der Waals surface area contributed by atoms with E-state index in [1.54, 1.807) is 18.3 Å². The van der Waals surface area contributed by atoms with Gasteiger partial charge in [0.15, 0.2) is 0 Å². The number of fused-ring (bicyclic) bond motifs is 1. The average molecular weight is 274 g/mol. The summed E-state index contributed by atoms with van der Waals surface area (Å²) in [5.41, 5.74) is 1.73. The van der Waals surface area contributed by atoms with Crippen molar-refractivity contribution in [3.63, 3.8) is 0 Å². The van der Waals surface area contributed by atoms with Crippen molar-refractivity contribution in [2.45, 2.75) is 46.1 Å². The van der Waals surface area contributed by atoms with Crippen LogP contribution in [0.4, 0.5) is 10.1 Å². The number of anilines is 1. The minimum Gasteiger partial charge on any atom is -0.380 e. The van der Waals surface area contributed by atoms with Crippen LogP contribution in [0.1, 0.15) is 40.5 Å². The van der Waals surface area contributed by atoms with E-state index < -0.39 is 0 Å². The highest BCUT2D eigenvalue weighted by Crippen LogP contribution is 2.28. The Morgan fingerprint density at radius 3 is 2.75 bits per heavy atom. The maximum absolute atomic E-state index is 13.5. The van der Waals surface area contributed by atoms with Gasteiger partial charge in [-0.25, -0.2) is 4.39 Å². The monoisotopic (exact) mass is 274 g/mol. The molecule has 0 spiro atoms. The number of pyridine rings is 1. The van der Waals surface area contributed by atoms with Crippen molar-refractivity contribution in [1.29, 1.82) is 0 Å². The van der Waals surface area contributed by atoms with Gasteiger partial charge in [0, 0.05) is 22.8 Å². The number of hydrogen-bond donors (Lipinski definition) is 1. The smallest absolute Gasteiger partial charge is 0.124 e. The summed E-state index contributed by atoms with van der Waals surface area (Å²) in [4.78, 5) is 4.28. The number of hydrogen-bond acceptors (Lipinski definition) is 2. The molecule has 1 aromatic carbocycles. The zero-order valence-electron chi connectivity index (χ0n) is 12.7. The Hall–Kier alpha value is -1.64. The number of aromatic nitrogens is 1. The van der Waals surface area contributed by atoms with Crippen LogP contribution < -0.4 is 5.32 Å². The van der Waals surface area contributed by atoms with Gasteiger partial charge in [-0.2, -0.15) is 0 Å². The first-order chi connectivity index (χ1) is 9.41. The van der Waals surface area contributed by atoms with Crippen molar-refractivity contribution in [3.05, 3.63) is 36.3 Å². The van der Waals surface area contributed by atoms with Crippen molar-refractivity contribution < 1.29 is 4.39 Å². The van der Waals surface area contributed by atoms with Crippen LogP contribution in [0.2, 0.25) is 0 Å². The van der Waals surface area contributed by atoms with Crippen LogP contribution in [0.15, 0.2) is 30.5 Å². The van der Waals surface area contributed by atoms with Gasteiger partial charge in [0.1, 0.15) is 5.82 Å². The van der Waals surface area contributed by atoms with Gasteiger partial charge in [-0.1, -0.05) is 20.3 Å². The molecule has 20 heavy (non-hydrogen) atoms. The van der Waals surface area contributed by atoms with E-state index in [-0.39, 0.29) is 11.4 Å². The standard InChI is InChI=1S/C17H23FN2/c1-5-12(2)11-17(3,4)20-16-8-9-19-15-7-6-13(18)10-14(15)16/h6-10,12H,5,11H2,1-4H3,(H,19,20)/t12-/m1/s1. The molecule has 1 atom stereocenters. The molecule has 1 aromatic heterocycles. The van der Waals surface area contributed by atoms with Crippen LogP contribution >= 0.6 is 0 Å². The first-order valence-electron chi connectivity index (χ1n) is 7.24. The molecule has 0 saturated heterocycles. The molecule has 0 unspecified atom stereocenters. The largest absolute Gasteiger partial charge is 0.380 e. The van der Waals surface area contributed by atoms with E-state index in [0.717, 1.165) is 29.4 Å². The predicted octanol–water partition coefficient (Wildman–Crippen LogP) is 5.00. The highest BCUT2D eigenvalue weighted by molar-refractivity contribution is 5.91. The molecule has 0 radical (unpaired) electrons. The van der Waals surface area contributed by atoms with E-state index in [2.05, 4.69) is 38.0 Å². The maximum Gasteiger partial charge on any atom is 0.124 e. The summed E-state index contributed by atoms with van der Waals surface area (Å²) >= 11 is 0. The summed E-state index contributed by atoms with van der Waals surface area (Å²) < 4.78 is 13.5. The molecular weight excluding hydrogens is 251 g/mol. The molecule has 0 fully saturated rings. The van der Waals surface area contributed by atoms with Gasteiger partial charge in [0.2, 0.25) is 0 Å². The van der Waals surface area contributed by atoms with E-state index >= 15 is 0 Å². The van der Waals surface area contributed by atoms with Gasteiger partial charge in [-0.05, 0) is 50.5 Å². The number of halogens is 1. The lowest BCUT2D eigenvalue weighted by molar-refractivity contribution is 0.398. The van der Waals surface area contributed by atoms with Gasteiger partial charge in [0.25, 0.3) is 0 Å². The van der Waals surface area contributed by atoms with Crippen LogP contribution in [0, 0.1) is 11.7 Å². The Kier molecular flexibility index (Phi) is 4.26. The van der Waals surface area contributed by atoms with E-state index in [1.807, 2.05) is 6.07 Å². The first-order valence-corrected chi connectivity index (χ1v) is 7.24. The minimum atomic E-state index is -0.228. The highest BCUT2D eigenvalue weighted by atomic mass is 19.1. The van der Waals surface area contributed by atoms with Crippen LogP contribution in [0.25, 0.3) is 10.9 Å². The van der Waals surface area contributed by atoms with Crippen LogP contribution in [-0.2, 0) is 0 Å². The molecule has 0 bridgehead atoms. The summed E-state index contributed by atoms with van der Waals surface area (Å²) in [7, 11) is 0. The van der Waals surface area contributed by atoms with Gasteiger partial charge in [-0.15, -0.1) is 0 Å². The van der Waals surface area contributed by atoms with Crippen molar-refractivity contribution in [1.82, 2.24) is 4.98 Å². The second-order valence-electron chi connectivity index (χ2n) is 6.25. The molecule has 0 aliphatic heterocycles. The lowest BCUT2D eigenvalue weighted by atomic mass is 9.90. The zero-order valence-corrected chi connectivity index (χ0v) is 12.7. The summed E-state index contributed by atoms with van der Waals surface area (Å²) in [5, 5.41) is 4.38. The fourth-order valence-electron chi connectivity index (χ4n) is 2.66. The second kappa shape index (κ2) is 5.78. The topological polar surface area (TPSA) is 24.9 Å². The van der Waals surface area contributed by atoms with E-state index in [0.29, 0.717) is 5.92 Å². The van der Waals surface area contributed by atoms with Crippen molar-refractivity contribution in [3.8, 4) is 0 Å². The summed E-state index contributed by atoms with van der Waals surface area (Å²) in [6, 6.07) is 6.63.